The molecule has 30 heavy (non-hydrogen) atoms. The zero-order valence-electron chi connectivity index (χ0n) is 17.9. The number of aromatic nitrogens is 1. The Morgan fingerprint density at radius 1 is 1.00 bits per heavy atom. The summed E-state index contributed by atoms with van der Waals surface area (Å²) in [5.74, 6) is 0.374. The number of fused-ring (bicyclic) bond motifs is 1. The molecule has 0 bridgehead atoms. The van der Waals surface area contributed by atoms with E-state index in [4.69, 9.17) is 0 Å². The van der Waals surface area contributed by atoms with E-state index in [1.54, 1.807) is 0 Å². The number of hydrogen-bond donors (Lipinski definition) is 1. The van der Waals surface area contributed by atoms with Crippen LogP contribution in [0.1, 0.15) is 26.3 Å². The first-order chi connectivity index (χ1) is 14.5. The average molecular weight is 424 g/mol. The van der Waals surface area contributed by atoms with Crippen LogP contribution in [0.15, 0.2) is 59.6 Å². The zero-order chi connectivity index (χ0) is 21.5. The van der Waals surface area contributed by atoms with E-state index in [9.17, 15) is 9.59 Å². The lowest BCUT2D eigenvalue weighted by atomic mass is 10.1. The molecule has 1 aromatic heterocycles. The number of nitrogens with zero attached hydrogens (tertiary/aromatic N) is 2. The van der Waals surface area contributed by atoms with Crippen LogP contribution in [0, 0.1) is 0 Å². The van der Waals surface area contributed by atoms with Gasteiger partial charge in [-0.3, -0.25) is 9.59 Å². The molecule has 1 N–H and O–H groups in total. The highest BCUT2D eigenvalue weighted by molar-refractivity contribution is 8.00. The van der Waals surface area contributed by atoms with Gasteiger partial charge in [-0.05, 0) is 44.0 Å². The van der Waals surface area contributed by atoms with Crippen molar-refractivity contribution in [2.24, 2.45) is 0 Å². The normalized spacial score (nSPS) is 10.9. The Kier molecular flexibility index (Phi) is 7.57. The molecule has 3 rings (SSSR count). The number of hydrogen-bond acceptors (Lipinski definition) is 3. The maximum atomic E-state index is 12.6. The lowest BCUT2D eigenvalue weighted by Gasteiger charge is -2.19. The number of aryl methyl sites for hydroxylation is 1. The first-order valence-electron chi connectivity index (χ1n) is 10.4. The molecule has 2 aromatic carbocycles. The van der Waals surface area contributed by atoms with Gasteiger partial charge in [0, 0.05) is 40.8 Å². The predicted molar refractivity (Wildman–Crippen MR) is 125 cm³/mol. The van der Waals surface area contributed by atoms with Gasteiger partial charge in [-0.15, -0.1) is 11.8 Å². The summed E-state index contributed by atoms with van der Waals surface area (Å²) in [4.78, 5) is 27.8. The first kappa shape index (κ1) is 22.0. The molecule has 3 aromatic rings. The number of amides is 2. The first-order valence-corrected chi connectivity index (χ1v) is 11.4. The van der Waals surface area contributed by atoms with Crippen LogP contribution in [0.2, 0.25) is 0 Å². The van der Waals surface area contributed by atoms with Crippen LogP contribution in [0.4, 0.5) is 5.69 Å². The van der Waals surface area contributed by atoms with Crippen molar-refractivity contribution in [1.82, 2.24) is 9.47 Å². The number of carbonyl (C=O) groups excluding carboxylic acids is 2. The van der Waals surface area contributed by atoms with Crippen LogP contribution in [0.5, 0.6) is 0 Å². The van der Waals surface area contributed by atoms with Crippen molar-refractivity contribution in [3.8, 4) is 0 Å². The molecule has 0 aliphatic rings. The number of benzene rings is 2. The Bertz CT molecular complexity index is 1010. The molecule has 0 spiro atoms. The third-order valence-corrected chi connectivity index (χ3v) is 6.22. The van der Waals surface area contributed by atoms with Gasteiger partial charge in [0.25, 0.3) is 0 Å². The van der Waals surface area contributed by atoms with Crippen LogP contribution in [-0.2, 0) is 22.6 Å². The predicted octanol–water partition coefficient (Wildman–Crippen LogP) is 4.80. The third-order valence-electron chi connectivity index (χ3n) is 5.18. The maximum Gasteiger partial charge on any atom is 0.242 e. The highest BCUT2D eigenvalue weighted by atomic mass is 32.2. The maximum absolute atomic E-state index is 12.6. The summed E-state index contributed by atoms with van der Waals surface area (Å²) in [5.41, 5.74) is 3.07. The van der Waals surface area contributed by atoms with Gasteiger partial charge in [-0.2, -0.15) is 0 Å². The second kappa shape index (κ2) is 10.3. The molecule has 0 atom stereocenters. The fraction of sp³-hybridized carbons (Fsp3) is 0.333. The summed E-state index contributed by atoms with van der Waals surface area (Å²) in [6.45, 7) is 7.80. The number of anilines is 1. The van der Waals surface area contributed by atoms with E-state index in [1.807, 2.05) is 78.0 Å². The minimum atomic E-state index is -0.0414. The molecule has 0 aliphatic heterocycles. The quantitative estimate of drug-likeness (QED) is 0.503. The molecule has 6 heteroatoms. The second-order valence-corrected chi connectivity index (χ2v) is 8.11. The molecule has 5 nitrogen and oxygen atoms in total. The smallest absolute Gasteiger partial charge is 0.242 e. The Labute approximate surface area is 182 Å². The van der Waals surface area contributed by atoms with E-state index in [1.165, 1.54) is 17.3 Å². The average Bonchev–Trinajstić information content (AvgIpc) is 3.11. The van der Waals surface area contributed by atoms with Gasteiger partial charge in [0.2, 0.25) is 11.8 Å². The number of likely N-dealkylation sites (N-methyl/N-ethyl adjacent to an activating group) is 1. The monoisotopic (exact) mass is 423 g/mol. The Hall–Kier alpha value is -2.73. The number of nitrogens with one attached hydrogen (secondary N) is 1. The molecule has 0 saturated carbocycles. The summed E-state index contributed by atoms with van der Waals surface area (Å²) in [6, 6.07) is 16.0. The summed E-state index contributed by atoms with van der Waals surface area (Å²) in [6.07, 6.45) is 2.96. The van der Waals surface area contributed by atoms with Crippen LogP contribution in [-0.4, -0.2) is 40.1 Å². The largest absolute Gasteiger partial charge is 0.342 e. The fourth-order valence-electron chi connectivity index (χ4n) is 3.45. The van der Waals surface area contributed by atoms with Crippen LogP contribution in [0.3, 0.4) is 0 Å². The van der Waals surface area contributed by atoms with Crippen LogP contribution >= 0.6 is 11.8 Å². The molecule has 0 aliphatic carbocycles. The highest BCUT2D eigenvalue weighted by Crippen LogP contribution is 2.30. The van der Waals surface area contributed by atoms with Gasteiger partial charge in [0.15, 0.2) is 0 Å². The fourth-order valence-corrected chi connectivity index (χ4v) is 4.33. The van der Waals surface area contributed by atoms with Crippen LogP contribution < -0.4 is 5.32 Å². The van der Waals surface area contributed by atoms with E-state index in [0.29, 0.717) is 25.4 Å². The molecule has 0 radical (unpaired) electrons. The standard InChI is InChI=1S/C24H29N3O2S/c1-4-18-11-13-19(14-12-18)25-23(28)17-30-22-15-27(16-24(29)26(5-2)6-3)21-10-8-7-9-20(21)22/h7-15H,4-6,16-17H2,1-3H3,(H,25,28). The number of carbonyl (C=O) groups is 2. The topological polar surface area (TPSA) is 54.3 Å². The van der Waals surface area contributed by atoms with E-state index in [-0.39, 0.29) is 11.8 Å². The highest BCUT2D eigenvalue weighted by Gasteiger charge is 2.15. The summed E-state index contributed by atoms with van der Waals surface area (Å²) in [7, 11) is 0. The molecule has 0 saturated heterocycles. The molecular weight excluding hydrogens is 394 g/mol. The molecule has 1 heterocycles. The van der Waals surface area contributed by atoms with Gasteiger partial charge in [0.1, 0.15) is 6.54 Å². The van der Waals surface area contributed by atoms with Gasteiger partial charge in [-0.1, -0.05) is 37.3 Å². The van der Waals surface area contributed by atoms with Gasteiger partial charge < -0.3 is 14.8 Å². The minimum Gasteiger partial charge on any atom is -0.342 e. The van der Waals surface area contributed by atoms with Crippen molar-refractivity contribution >= 4 is 40.2 Å². The summed E-state index contributed by atoms with van der Waals surface area (Å²) < 4.78 is 1.99. The Balaban J connectivity index is 1.69. The number of thioether (sulfide) groups is 1. The minimum absolute atomic E-state index is 0.0414. The van der Waals surface area contributed by atoms with Crippen molar-refractivity contribution < 1.29 is 9.59 Å². The van der Waals surface area contributed by atoms with E-state index >= 15 is 0 Å². The number of para-hydroxylation sites is 1. The van der Waals surface area contributed by atoms with Crippen molar-refractivity contribution in [2.45, 2.75) is 38.6 Å². The molecule has 158 valence electrons. The lowest BCUT2D eigenvalue weighted by molar-refractivity contribution is -0.131. The van der Waals surface area contributed by atoms with E-state index in [2.05, 4.69) is 12.2 Å². The Morgan fingerprint density at radius 2 is 1.70 bits per heavy atom. The molecule has 0 unspecified atom stereocenters. The van der Waals surface area contributed by atoms with Crippen molar-refractivity contribution in [2.75, 3.05) is 24.2 Å². The lowest BCUT2D eigenvalue weighted by Crippen LogP contribution is -2.33. The van der Waals surface area contributed by atoms with Crippen molar-refractivity contribution in [1.29, 1.82) is 0 Å². The Morgan fingerprint density at radius 3 is 2.37 bits per heavy atom. The summed E-state index contributed by atoms with van der Waals surface area (Å²) in [5, 5.41) is 4.02. The zero-order valence-corrected chi connectivity index (χ0v) is 18.7. The van der Waals surface area contributed by atoms with Crippen molar-refractivity contribution in [3.63, 3.8) is 0 Å². The second-order valence-electron chi connectivity index (χ2n) is 7.09. The molecule has 2 amide bonds. The SMILES string of the molecule is CCc1ccc(NC(=O)CSc2cn(CC(=O)N(CC)CC)c3ccccc23)cc1. The number of rotatable bonds is 9. The van der Waals surface area contributed by atoms with Gasteiger partial charge >= 0.3 is 0 Å². The summed E-state index contributed by atoms with van der Waals surface area (Å²) >= 11 is 1.49. The van der Waals surface area contributed by atoms with E-state index in [0.717, 1.165) is 27.9 Å². The van der Waals surface area contributed by atoms with Crippen LogP contribution in [0.25, 0.3) is 10.9 Å². The van der Waals surface area contributed by atoms with E-state index < -0.39 is 0 Å². The third kappa shape index (κ3) is 5.25. The molecule has 0 fully saturated rings. The van der Waals surface area contributed by atoms with Gasteiger partial charge in [-0.25, -0.2) is 0 Å². The van der Waals surface area contributed by atoms with Gasteiger partial charge in [0.05, 0.1) is 5.75 Å². The van der Waals surface area contributed by atoms with Crippen molar-refractivity contribution in [3.05, 3.63) is 60.3 Å². The molecular formula is C24H29N3O2S.